The summed E-state index contributed by atoms with van der Waals surface area (Å²) in [7, 11) is -4.52. The van der Waals surface area contributed by atoms with Crippen molar-refractivity contribution >= 4 is 45.5 Å². The number of aldehydes is 1. The quantitative estimate of drug-likeness (QED) is 0.0938. The lowest BCUT2D eigenvalue weighted by Gasteiger charge is -2.54. The summed E-state index contributed by atoms with van der Waals surface area (Å²) < 4.78 is 23.1. The average Bonchev–Trinajstić information content (AvgIpc) is 3.11. The Morgan fingerprint density at radius 3 is 2.08 bits per heavy atom. The van der Waals surface area contributed by atoms with Crippen molar-refractivity contribution < 1.29 is 18.4 Å². The molecule has 39 heavy (non-hydrogen) atoms. The molecule has 0 spiro atoms. The van der Waals surface area contributed by atoms with E-state index in [2.05, 4.69) is 131 Å². The fraction of sp³-hybridized carbons (Fsp3) is 0.844. The summed E-state index contributed by atoms with van der Waals surface area (Å²) in [5, 5.41) is 0.0158. The van der Waals surface area contributed by atoms with Gasteiger partial charge in [0.15, 0.2) is 16.6 Å². The SMILES string of the molecule is C=C(I)C[C@H]1O[C@@H]([C@](C)(O[Si](C)(C)C(C)(C)C)[C@H](CC=O)O[Si](C)(C)C(C)(C)C)[C@H]2[C@@H]1C(C)=CC[C@@H]2C(C)C. The number of ether oxygens (including phenoxy) is 1. The van der Waals surface area contributed by atoms with Crippen LogP contribution in [0, 0.1) is 23.7 Å². The fourth-order valence-corrected chi connectivity index (χ4v) is 9.64. The minimum atomic E-state index is -2.29. The molecule has 7 heteroatoms. The van der Waals surface area contributed by atoms with Gasteiger partial charge in [-0.15, -0.1) is 0 Å². The third kappa shape index (κ3) is 7.59. The molecule has 1 fully saturated rings. The van der Waals surface area contributed by atoms with Crippen LogP contribution in [0.5, 0.6) is 0 Å². The first-order valence-electron chi connectivity index (χ1n) is 15.0. The molecule has 0 aromatic carbocycles. The highest BCUT2D eigenvalue weighted by molar-refractivity contribution is 14.1. The molecule has 0 radical (unpaired) electrons. The number of fused-ring (bicyclic) bond motifs is 1. The number of carbonyl (C=O) groups excluding carboxylic acids is 1. The highest BCUT2D eigenvalue weighted by atomic mass is 127. The molecule has 1 aliphatic carbocycles. The maximum atomic E-state index is 12.3. The summed E-state index contributed by atoms with van der Waals surface area (Å²) in [6.07, 6.45) is 5.16. The van der Waals surface area contributed by atoms with Crippen LogP contribution in [0.1, 0.15) is 88.5 Å². The van der Waals surface area contributed by atoms with Crippen molar-refractivity contribution in [2.24, 2.45) is 23.7 Å². The van der Waals surface area contributed by atoms with Gasteiger partial charge in [-0.05, 0) is 94.5 Å². The lowest BCUT2D eigenvalue weighted by molar-refractivity contribution is -0.155. The second-order valence-corrected chi connectivity index (χ2v) is 26.8. The highest BCUT2D eigenvalue weighted by Gasteiger charge is 2.61. The van der Waals surface area contributed by atoms with E-state index < -0.39 is 22.2 Å². The third-order valence-corrected chi connectivity index (χ3v) is 20.0. The van der Waals surface area contributed by atoms with E-state index in [0.717, 1.165) is 22.7 Å². The molecule has 0 bridgehead atoms. The van der Waals surface area contributed by atoms with Crippen molar-refractivity contribution in [1.82, 2.24) is 0 Å². The van der Waals surface area contributed by atoms with Crippen molar-refractivity contribution in [1.29, 1.82) is 0 Å². The fourth-order valence-electron chi connectivity index (χ4n) is 6.16. The Bertz CT molecular complexity index is 914. The number of halogens is 1. The van der Waals surface area contributed by atoms with Gasteiger partial charge in [-0.2, -0.15) is 0 Å². The van der Waals surface area contributed by atoms with Crippen LogP contribution in [-0.2, 0) is 18.4 Å². The molecule has 0 aromatic rings. The number of hydrogen-bond donors (Lipinski definition) is 0. The van der Waals surface area contributed by atoms with Crippen LogP contribution in [0.2, 0.25) is 36.3 Å². The smallest absolute Gasteiger partial charge is 0.193 e. The molecule has 2 rings (SSSR count). The molecular weight excluding hydrogens is 631 g/mol. The van der Waals surface area contributed by atoms with Gasteiger partial charge in [0.05, 0.1) is 18.3 Å². The minimum absolute atomic E-state index is 0.00466. The molecule has 226 valence electrons. The van der Waals surface area contributed by atoms with Crippen LogP contribution in [0.3, 0.4) is 0 Å². The zero-order valence-corrected chi connectivity index (χ0v) is 31.7. The second kappa shape index (κ2) is 12.4. The second-order valence-electron chi connectivity index (χ2n) is 15.8. The van der Waals surface area contributed by atoms with Crippen molar-refractivity contribution in [2.45, 2.75) is 149 Å². The van der Waals surface area contributed by atoms with Gasteiger partial charge in [0, 0.05) is 24.7 Å². The molecule has 0 aromatic heterocycles. The lowest BCUT2D eigenvalue weighted by Crippen LogP contribution is -2.64. The zero-order chi connectivity index (χ0) is 30.4. The zero-order valence-electron chi connectivity index (χ0n) is 27.5. The topological polar surface area (TPSA) is 44.8 Å². The van der Waals surface area contributed by atoms with E-state index in [9.17, 15) is 4.79 Å². The summed E-state index contributed by atoms with van der Waals surface area (Å²) in [5.41, 5.74) is 0.656. The first-order chi connectivity index (χ1) is 17.5. The van der Waals surface area contributed by atoms with E-state index in [4.69, 9.17) is 13.6 Å². The Kier molecular flexibility index (Phi) is 11.3. The number of hydrogen-bond acceptors (Lipinski definition) is 4. The van der Waals surface area contributed by atoms with E-state index in [1.54, 1.807) is 0 Å². The molecule has 1 heterocycles. The van der Waals surface area contributed by atoms with Gasteiger partial charge >= 0.3 is 0 Å². The molecule has 2 aliphatic rings. The summed E-state index contributed by atoms with van der Waals surface area (Å²) in [5.74, 6) is 1.60. The lowest BCUT2D eigenvalue weighted by atomic mass is 9.63. The highest BCUT2D eigenvalue weighted by Crippen LogP contribution is 2.56. The maximum Gasteiger partial charge on any atom is 0.193 e. The monoisotopic (exact) mass is 690 g/mol. The van der Waals surface area contributed by atoms with Crippen molar-refractivity contribution in [3.8, 4) is 0 Å². The normalized spacial score (nSPS) is 29.0. The number of allylic oxidation sites excluding steroid dienone is 1. The average molecular weight is 691 g/mol. The number of carbonyl (C=O) groups is 1. The minimum Gasteiger partial charge on any atom is -0.411 e. The van der Waals surface area contributed by atoms with Gasteiger partial charge in [-0.3, -0.25) is 0 Å². The van der Waals surface area contributed by atoms with Gasteiger partial charge in [-0.1, -0.05) is 73.6 Å². The summed E-state index contributed by atoms with van der Waals surface area (Å²) >= 11 is 2.35. The predicted octanol–water partition coefficient (Wildman–Crippen LogP) is 9.71. The first kappa shape index (κ1) is 35.4. The van der Waals surface area contributed by atoms with Gasteiger partial charge in [0.1, 0.15) is 11.9 Å². The Hall–Kier alpha value is 0.194. The standard InChI is InChI=1S/C32H59IO4Si2/c1-21(2)24-17-16-22(3)27-25(20-23(4)33)35-29(28(24)27)32(11,37-39(14,15)31(8,9)10)26(18-19-34)36-38(12,13)30(5,6)7/h16,19,21,24-29H,4,17-18,20H2,1-3,5-15H3/t24-,25-,26+,27-,28-,29-,32-/m1/s1. The largest absolute Gasteiger partial charge is 0.411 e. The maximum absolute atomic E-state index is 12.3. The van der Waals surface area contributed by atoms with E-state index >= 15 is 0 Å². The molecule has 0 saturated carbocycles. The van der Waals surface area contributed by atoms with Crippen molar-refractivity contribution in [2.75, 3.05) is 0 Å². The molecule has 0 unspecified atom stereocenters. The molecule has 0 amide bonds. The van der Waals surface area contributed by atoms with E-state index in [-0.39, 0.29) is 28.4 Å². The summed E-state index contributed by atoms with van der Waals surface area (Å²) in [6, 6.07) is 0. The molecule has 7 atom stereocenters. The van der Waals surface area contributed by atoms with E-state index in [0.29, 0.717) is 30.1 Å². The Morgan fingerprint density at radius 2 is 1.64 bits per heavy atom. The first-order valence-corrected chi connectivity index (χ1v) is 21.9. The summed E-state index contributed by atoms with van der Waals surface area (Å²) in [6.45, 7) is 36.3. The van der Waals surface area contributed by atoms with E-state index in [1.807, 2.05) is 0 Å². The Labute approximate surface area is 256 Å². The Balaban J connectivity index is 2.81. The van der Waals surface area contributed by atoms with Crippen LogP contribution in [0.15, 0.2) is 21.8 Å². The summed E-state index contributed by atoms with van der Waals surface area (Å²) in [4.78, 5) is 12.3. The molecular formula is C32H59IO4Si2. The molecule has 1 aliphatic heterocycles. The van der Waals surface area contributed by atoms with Crippen LogP contribution in [-0.4, -0.2) is 46.8 Å². The van der Waals surface area contributed by atoms with Gasteiger partial charge in [0.25, 0.3) is 0 Å². The molecule has 4 nitrogen and oxygen atoms in total. The van der Waals surface area contributed by atoms with Crippen molar-refractivity contribution in [3.05, 3.63) is 21.8 Å². The Morgan fingerprint density at radius 1 is 1.10 bits per heavy atom. The third-order valence-electron chi connectivity index (χ3n) is 10.5. The van der Waals surface area contributed by atoms with Gasteiger partial charge < -0.3 is 18.4 Å². The van der Waals surface area contributed by atoms with Crippen LogP contribution in [0.4, 0.5) is 0 Å². The van der Waals surface area contributed by atoms with Crippen molar-refractivity contribution in [3.63, 3.8) is 0 Å². The van der Waals surface area contributed by atoms with E-state index in [1.165, 1.54) is 5.57 Å². The van der Waals surface area contributed by atoms with Crippen LogP contribution < -0.4 is 0 Å². The molecule has 1 saturated heterocycles. The van der Waals surface area contributed by atoms with Gasteiger partial charge in [0.2, 0.25) is 0 Å². The predicted molar refractivity (Wildman–Crippen MR) is 180 cm³/mol. The van der Waals surface area contributed by atoms with Gasteiger partial charge in [-0.25, -0.2) is 0 Å². The number of rotatable bonds is 11. The van der Waals surface area contributed by atoms with Crippen LogP contribution in [0.25, 0.3) is 0 Å². The van der Waals surface area contributed by atoms with Crippen LogP contribution >= 0.6 is 22.6 Å². The molecule has 0 N–H and O–H groups in total.